The van der Waals surface area contributed by atoms with E-state index in [0.29, 0.717) is 12.0 Å². The van der Waals surface area contributed by atoms with Crippen molar-refractivity contribution in [1.29, 1.82) is 0 Å². The van der Waals surface area contributed by atoms with E-state index in [1.54, 1.807) is 0 Å². The zero-order valence-corrected chi connectivity index (χ0v) is 12.1. The smallest absolute Gasteiger partial charge is 0.323 e. The molecule has 2 heterocycles. The molecule has 1 aromatic heterocycles. The van der Waals surface area contributed by atoms with Crippen molar-refractivity contribution in [2.24, 2.45) is 0 Å². The average molecular weight is 277 g/mol. The summed E-state index contributed by atoms with van der Waals surface area (Å²) < 4.78 is 5.97. The second-order valence-corrected chi connectivity index (χ2v) is 5.56. The highest BCUT2D eigenvalue weighted by Gasteiger charge is 2.20. The lowest BCUT2D eigenvalue weighted by molar-refractivity contribution is 0.142. The number of nitrogens with one attached hydrogen (secondary N) is 1. The minimum atomic E-state index is 0.266. The van der Waals surface area contributed by atoms with Crippen LogP contribution in [0.5, 0.6) is 6.01 Å². The summed E-state index contributed by atoms with van der Waals surface area (Å²) in [5, 5.41) is 3.00. The summed E-state index contributed by atoms with van der Waals surface area (Å²) in [6.45, 7) is 2.05. The van der Waals surface area contributed by atoms with Crippen molar-refractivity contribution in [2.45, 2.75) is 51.0 Å². The van der Waals surface area contributed by atoms with Crippen LogP contribution in [0.1, 0.15) is 44.9 Å². The molecule has 1 N–H and O–H groups in total. The van der Waals surface area contributed by atoms with Crippen molar-refractivity contribution in [3.05, 3.63) is 0 Å². The summed E-state index contributed by atoms with van der Waals surface area (Å²) in [4.78, 5) is 15.5. The largest absolute Gasteiger partial charge is 0.460 e. The first-order chi connectivity index (χ1) is 9.85. The van der Waals surface area contributed by atoms with E-state index < -0.39 is 0 Å². The van der Waals surface area contributed by atoms with Crippen molar-refractivity contribution < 1.29 is 4.74 Å². The molecule has 6 heteroatoms. The second-order valence-electron chi connectivity index (χ2n) is 5.56. The van der Waals surface area contributed by atoms with Crippen LogP contribution in [0.2, 0.25) is 0 Å². The molecule has 0 unspecified atom stereocenters. The second kappa shape index (κ2) is 6.24. The number of hydrogen-bond acceptors (Lipinski definition) is 6. The van der Waals surface area contributed by atoms with Gasteiger partial charge in [0.05, 0.1) is 0 Å². The molecule has 0 amide bonds. The van der Waals surface area contributed by atoms with Gasteiger partial charge in [-0.05, 0) is 38.5 Å². The zero-order chi connectivity index (χ0) is 13.8. The Bertz CT molecular complexity index is 441. The fourth-order valence-electron chi connectivity index (χ4n) is 2.90. The number of anilines is 2. The topological polar surface area (TPSA) is 63.2 Å². The predicted octanol–water partition coefficient (Wildman–Crippen LogP) is 2.22. The highest BCUT2D eigenvalue weighted by atomic mass is 16.5. The molecule has 1 saturated heterocycles. The Labute approximate surface area is 120 Å². The Morgan fingerprint density at radius 3 is 2.45 bits per heavy atom. The molecule has 0 spiro atoms. The van der Waals surface area contributed by atoms with Gasteiger partial charge in [0.25, 0.3) is 0 Å². The van der Waals surface area contributed by atoms with Gasteiger partial charge in [-0.25, -0.2) is 0 Å². The Morgan fingerprint density at radius 1 is 1.00 bits per heavy atom. The Kier molecular flexibility index (Phi) is 4.18. The molecule has 110 valence electrons. The highest BCUT2D eigenvalue weighted by Crippen LogP contribution is 2.24. The lowest BCUT2D eigenvalue weighted by Crippen LogP contribution is -2.24. The number of aromatic nitrogens is 3. The fourth-order valence-corrected chi connectivity index (χ4v) is 2.90. The molecular weight excluding hydrogens is 254 g/mol. The Morgan fingerprint density at radius 2 is 1.75 bits per heavy atom. The Hall–Kier alpha value is -1.59. The van der Waals surface area contributed by atoms with Crippen LogP contribution in [0.15, 0.2) is 0 Å². The molecule has 0 radical (unpaired) electrons. The first-order valence-electron chi connectivity index (χ1n) is 7.70. The van der Waals surface area contributed by atoms with Crippen molar-refractivity contribution >= 4 is 11.9 Å². The fraction of sp³-hybridized carbons (Fsp3) is 0.786. The summed E-state index contributed by atoms with van der Waals surface area (Å²) in [6, 6.07) is 0.471. The quantitative estimate of drug-likeness (QED) is 0.910. The van der Waals surface area contributed by atoms with Crippen LogP contribution < -0.4 is 15.0 Å². The SMILES string of the molecule is CNc1nc(OC2CCCCC2)nc(N2CCCC2)n1. The molecule has 2 fully saturated rings. The third-order valence-electron chi connectivity index (χ3n) is 4.04. The number of rotatable bonds is 4. The molecule has 20 heavy (non-hydrogen) atoms. The molecule has 2 aliphatic rings. The lowest BCUT2D eigenvalue weighted by Gasteiger charge is -2.22. The van der Waals surface area contributed by atoms with Gasteiger partial charge in [0, 0.05) is 20.1 Å². The molecule has 0 aromatic carbocycles. The van der Waals surface area contributed by atoms with Crippen LogP contribution in [0, 0.1) is 0 Å². The summed E-state index contributed by atoms with van der Waals surface area (Å²) >= 11 is 0. The molecule has 1 aliphatic carbocycles. The number of hydrogen-bond donors (Lipinski definition) is 1. The van der Waals surface area contributed by atoms with Gasteiger partial charge in [0.15, 0.2) is 0 Å². The molecule has 3 rings (SSSR count). The summed E-state index contributed by atoms with van der Waals surface area (Å²) in [5.41, 5.74) is 0. The maximum atomic E-state index is 5.97. The molecule has 6 nitrogen and oxygen atoms in total. The average Bonchev–Trinajstić information content (AvgIpc) is 3.02. The van der Waals surface area contributed by atoms with Crippen LogP contribution in [0.3, 0.4) is 0 Å². The molecule has 0 bridgehead atoms. The van der Waals surface area contributed by atoms with Crippen LogP contribution >= 0.6 is 0 Å². The van der Waals surface area contributed by atoms with Crippen molar-refractivity contribution in [1.82, 2.24) is 15.0 Å². The molecule has 1 aliphatic heterocycles. The van der Waals surface area contributed by atoms with Gasteiger partial charge < -0.3 is 15.0 Å². The van der Waals surface area contributed by atoms with Crippen LogP contribution in [0.25, 0.3) is 0 Å². The van der Waals surface area contributed by atoms with E-state index in [2.05, 4.69) is 25.2 Å². The number of nitrogens with zero attached hydrogens (tertiary/aromatic N) is 4. The monoisotopic (exact) mass is 277 g/mol. The first kappa shape index (κ1) is 13.4. The van der Waals surface area contributed by atoms with Gasteiger partial charge in [0.2, 0.25) is 11.9 Å². The Balaban J connectivity index is 1.76. The molecule has 1 saturated carbocycles. The molecular formula is C14H23N5O. The van der Waals surface area contributed by atoms with Gasteiger partial charge in [-0.1, -0.05) is 6.42 Å². The van der Waals surface area contributed by atoms with E-state index in [1.807, 2.05) is 7.05 Å². The predicted molar refractivity (Wildman–Crippen MR) is 78.3 cm³/mol. The van der Waals surface area contributed by atoms with Crippen molar-refractivity contribution in [3.63, 3.8) is 0 Å². The number of ether oxygens (including phenoxy) is 1. The van der Waals surface area contributed by atoms with Crippen molar-refractivity contribution in [3.8, 4) is 6.01 Å². The third kappa shape index (κ3) is 3.11. The maximum absolute atomic E-state index is 5.97. The maximum Gasteiger partial charge on any atom is 0.323 e. The summed E-state index contributed by atoms with van der Waals surface area (Å²) in [5.74, 6) is 1.33. The van der Waals surface area contributed by atoms with Crippen LogP contribution in [-0.4, -0.2) is 41.2 Å². The van der Waals surface area contributed by atoms with Gasteiger partial charge in [-0.15, -0.1) is 0 Å². The summed E-state index contributed by atoms with van der Waals surface area (Å²) in [7, 11) is 1.83. The third-order valence-corrected chi connectivity index (χ3v) is 4.04. The van der Waals surface area contributed by atoms with Gasteiger partial charge in [-0.2, -0.15) is 15.0 Å². The van der Waals surface area contributed by atoms with E-state index >= 15 is 0 Å². The van der Waals surface area contributed by atoms with Crippen molar-refractivity contribution in [2.75, 3.05) is 30.4 Å². The van der Waals surface area contributed by atoms with E-state index in [1.165, 1.54) is 32.1 Å². The molecule has 0 atom stereocenters. The van der Waals surface area contributed by atoms with Gasteiger partial charge in [0.1, 0.15) is 6.10 Å². The van der Waals surface area contributed by atoms with Crippen LogP contribution in [-0.2, 0) is 0 Å². The van der Waals surface area contributed by atoms with Gasteiger partial charge in [-0.3, -0.25) is 0 Å². The lowest BCUT2D eigenvalue weighted by atomic mass is 9.98. The van der Waals surface area contributed by atoms with Gasteiger partial charge >= 0.3 is 6.01 Å². The van der Waals surface area contributed by atoms with E-state index in [4.69, 9.17) is 4.74 Å². The molecule has 1 aromatic rings. The first-order valence-corrected chi connectivity index (χ1v) is 7.70. The zero-order valence-electron chi connectivity index (χ0n) is 12.1. The van der Waals surface area contributed by atoms with E-state index in [-0.39, 0.29) is 6.10 Å². The summed E-state index contributed by atoms with van der Waals surface area (Å²) in [6.07, 6.45) is 8.71. The minimum Gasteiger partial charge on any atom is -0.460 e. The standard InChI is InChI=1S/C14H23N5O/c1-15-12-16-13(19-9-5-6-10-19)18-14(17-12)20-11-7-3-2-4-8-11/h11H,2-10H2,1H3,(H,15,16,17,18). The van der Waals surface area contributed by atoms with E-state index in [9.17, 15) is 0 Å². The highest BCUT2D eigenvalue weighted by molar-refractivity contribution is 5.38. The normalized spacial score (nSPS) is 20.1. The minimum absolute atomic E-state index is 0.266. The van der Waals surface area contributed by atoms with Crippen LogP contribution in [0.4, 0.5) is 11.9 Å². The van der Waals surface area contributed by atoms with E-state index in [0.717, 1.165) is 31.9 Å².